The molecule has 0 radical (unpaired) electrons. The Bertz CT molecular complexity index is 40.3. The van der Waals surface area contributed by atoms with Crippen molar-refractivity contribution in [2.24, 2.45) is 0 Å². The maximum atomic E-state index is 8.56. The normalized spacial score (nSPS) is 4.00. The third-order valence-corrected chi connectivity index (χ3v) is 0. The third kappa shape index (κ3) is 66.8. The van der Waals surface area contributed by atoms with Crippen LogP contribution >= 0.6 is 0 Å². The van der Waals surface area contributed by atoms with Crippen LogP contribution in [0.1, 0.15) is 2.85 Å². The summed E-state index contributed by atoms with van der Waals surface area (Å²) < 4.78 is 0. The fraction of sp³-hybridized carbons (Fsp3) is 0. The van der Waals surface area contributed by atoms with E-state index in [9.17, 15) is 0 Å². The van der Waals surface area contributed by atoms with Gasteiger partial charge in [0.05, 0.1) is 0 Å². The van der Waals surface area contributed by atoms with Crippen LogP contribution in [0, 0.1) is 0 Å². The third-order valence-electron chi connectivity index (χ3n) is 0. The zero-order chi connectivity index (χ0) is 3.58. The number of rotatable bonds is 0. The number of carboxylic acid groups (broad SMARTS) is 2. The molecule has 0 bridgehead atoms. The summed E-state index contributed by atoms with van der Waals surface area (Å²) in [6.07, 6.45) is -1.83. The van der Waals surface area contributed by atoms with Crippen molar-refractivity contribution in [2.45, 2.75) is 0 Å². The van der Waals surface area contributed by atoms with E-state index in [1.807, 2.05) is 0 Å². The summed E-state index contributed by atoms with van der Waals surface area (Å²) in [4.78, 5) is 8.56. The Morgan fingerprint density at radius 2 is 1.50 bits per heavy atom. The standard InChI is InChI=1S/CH2O3.Ca.Ru.2H/c2-1(3)4;;;;/h(H2,2,3,4);;;;/q;+2;;2*-1. The quantitative estimate of drug-likeness (QED) is 0.550. The van der Waals surface area contributed by atoms with Crippen LogP contribution < -0.4 is 0 Å². The van der Waals surface area contributed by atoms with E-state index in [-0.39, 0.29) is 60.1 Å². The number of hydrogen-bond acceptors (Lipinski definition) is 1. The Kier molecular flexibility index (Phi) is 24.8. The molecule has 0 aliphatic rings. The van der Waals surface area contributed by atoms with E-state index in [1.54, 1.807) is 0 Å². The minimum atomic E-state index is -1.83. The molecule has 0 rings (SSSR count). The van der Waals surface area contributed by atoms with Crippen molar-refractivity contribution in [3.63, 3.8) is 0 Å². The second-order valence-corrected chi connectivity index (χ2v) is 0.283. The van der Waals surface area contributed by atoms with Crippen LogP contribution in [0.2, 0.25) is 0 Å². The minimum absolute atomic E-state index is 0. The molecule has 0 atom stereocenters. The Morgan fingerprint density at radius 1 is 1.50 bits per heavy atom. The second-order valence-electron chi connectivity index (χ2n) is 0.283. The Morgan fingerprint density at radius 3 is 1.50 bits per heavy atom. The van der Waals surface area contributed by atoms with Crippen LogP contribution in [0.15, 0.2) is 0 Å². The maximum absolute atomic E-state index is 8.56. The summed E-state index contributed by atoms with van der Waals surface area (Å²) in [5.41, 5.74) is 0. The van der Waals surface area contributed by atoms with Crippen molar-refractivity contribution in [2.75, 3.05) is 0 Å². The van der Waals surface area contributed by atoms with Gasteiger partial charge in [0.25, 0.3) is 0 Å². The number of carbonyl (C=O) groups is 1. The molecule has 0 aliphatic heterocycles. The van der Waals surface area contributed by atoms with Crippen molar-refractivity contribution < 1.29 is 37.3 Å². The van der Waals surface area contributed by atoms with Crippen molar-refractivity contribution in [3.05, 3.63) is 0 Å². The van der Waals surface area contributed by atoms with Crippen molar-refractivity contribution in [1.82, 2.24) is 0 Å². The van der Waals surface area contributed by atoms with Gasteiger partial charge < -0.3 is 13.1 Å². The van der Waals surface area contributed by atoms with E-state index in [1.165, 1.54) is 0 Å². The molecule has 0 unspecified atom stereocenters. The summed E-state index contributed by atoms with van der Waals surface area (Å²) >= 11 is 0. The molecule has 6 heavy (non-hydrogen) atoms. The van der Waals surface area contributed by atoms with Gasteiger partial charge in [0.1, 0.15) is 0 Å². The topological polar surface area (TPSA) is 57.5 Å². The molecule has 0 spiro atoms. The second kappa shape index (κ2) is 9.47. The molecule has 5 heteroatoms. The average molecular weight is 205 g/mol. The predicted octanol–water partition coefficient (Wildman–Crippen LogP) is 0.0641. The molecule has 3 nitrogen and oxygen atoms in total. The Balaban J connectivity index is -0.00000000750. The molecule has 0 amide bonds. The van der Waals surface area contributed by atoms with Gasteiger partial charge in [-0.05, 0) is 0 Å². The maximum Gasteiger partial charge on any atom is 2.00 e. The predicted molar refractivity (Wildman–Crippen MR) is 18.6 cm³/mol. The first kappa shape index (κ1) is 15.7. The first-order valence-electron chi connectivity index (χ1n) is 0.651. The molecule has 0 aromatic rings. The first-order valence-corrected chi connectivity index (χ1v) is 0.651. The van der Waals surface area contributed by atoms with E-state index in [0.29, 0.717) is 0 Å². The van der Waals surface area contributed by atoms with E-state index in [4.69, 9.17) is 15.0 Å². The van der Waals surface area contributed by atoms with E-state index in [2.05, 4.69) is 0 Å². The van der Waals surface area contributed by atoms with Gasteiger partial charge in [0, 0.05) is 19.5 Å². The average Bonchev–Trinajstić information content (AvgIpc) is 0.811. The van der Waals surface area contributed by atoms with Crippen LogP contribution in [0.4, 0.5) is 4.79 Å². The summed E-state index contributed by atoms with van der Waals surface area (Å²) in [6.45, 7) is 0. The van der Waals surface area contributed by atoms with Gasteiger partial charge in [-0.3, -0.25) is 0 Å². The van der Waals surface area contributed by atoms with Crippen molar-refractivity contribution in [1.29, 1.82) is 0 Å². The molecule has 0 fully saturated rings. The summed E-state index contributed by atoms with van der Waals surface area (Å²) in [5, 5.41) is 13.9. The number of hydrogen-bond donors (Lipinski definition) is 2. The van der Waals surface area contributed by atoms with Crippen LogP contribution in [0.25, 0.3) is 0 Å². The fourth-order valence-corrected chi connectivity index (χ4v) is 0. The van der Waals surface area contributed by atoms with E-state index < -0.39 is 6.16 Å². The molecular weight excluding hydrogens is 201 g/mol. The minimum Gasteiger partial charge on any atom is -1.00 e. The summed E-state index contributed by atoms with van der Waals surface area (Å²) in [5.74, 6) is 0. The fourth-order valence-electron chi connectivity index (χ4n) is 0. The molecule has 0 aromatic carbocycles. The smallest absolute Gasteiger partial charge is 1.00 e. The van der Waals surface area contributed by atoms with Crippen LogP contribution in [0.5, 0.6) is 0 Å². The van der Waals surface area contributed by atoms with Gasteiger partial charge in [0.15, 0.2) is 0 Å². The molecule has 0 aliphatic carbocycles. The zero-order valence-corrected chi connectivity index (χ0v) is 6.81. The van der Waals surface area contributed by atoms with Gasteiger partial charge in [-0.15, -0.1) is 0 Å². The molecule has 2 N–H and O–H groups in total. The van der Waals surface area contributed by atoms with Crippen molar-refractivity contribution >= 4 is 43.9 Å². The van der Waals surface area contributed by atoms with Gasteiger partial charge in [0.2, 0.25) is 0 Å². The van der Waals surface area contributed by atoms with Gasteiger partial charge in [-0.25, -0.2) is 4.79 Å². The monoisotopic (exact) mass is 206 g/mol. The Hall–Kier alpha value is 1.15. The van der Waals surface area contributed by atoms with Crippen LogP contribution in [0.3, 0.4) is 0 Å². The molecule has 0 aromatic heterocycles. The van der Waals surface area contributed by atoms with Gasteiger partial charge in [-0.2, -0.15) is 0 Å². The van der Waals surface area contributed by atoms with E-state index >= 15 is 0 Å². The molecule has 0 saturated heterocycles. The van der Waals surface area contributed by atoms with Crippen LogP contribution in [-0.4, -0.2) is 54.1 Å². The molecule has 0 saturated carbocycles. The van der Waals surface area contributed by atoms with Gasteiger partial charge in [-0.1, -0.05) is 0 Å². The largest absolute Gasteiger partial charge is 2.00 e. The Labute approximate surface area is 80.5 Å². The van der Waals surface area contributed by atoms with Crippen LogP contribution in [-0.2, 0) is 19.5 Å². The van der Waals surface area contributed by atoms with E-state index in [0.717, 1.165) is 0 Å². The first-order chi connectivity index (χ1) is 1.73. The molecule has 36 valence electrons. The van der Waals surface area contributed by atoms with Crippen molar-refractivity contribution in [3.8, 4) is 0 Å². The molecular formula is CH4CaO3Ru. The SMILES string of the molecule is O=C(O)O.[Ca+2].[H-].[H-].[Ru]. The summed E-state index contributed by atoms with van der Waals surface area (Å²) in [6, 6.07) is 0. The molecule has 0 heterocycles. The van der Waals surface area contributed by atoms with Gasteiger partial charge >= 0.3 is 43.9 Å². The zero-order valence-electron chi connectivity index (χ0n) is 4.86. The summed E-state index contributed by atoms with van der Waals surface area (Å²) in [7, 11) is 0.